The molecule has 0 amide bonds. The van der Waals surface area contributed by atoms with Crippen molar-refractivity contribution >= 4 is 11.8 Å². The topological polar surface area (TPSA) is 72.8 Å². The summed E-state index contributed by atoms with van der Waals surface area (Å²) in [5, 5.41) is 9.63. The smallest absolute Gasteiger partial charge is 0.342 e. The summed E-state index contributed by atoms with van der Waals surface area (Å²) in [6.07, 6.45) is -0.958. The molecule has 0 aliphatic heterocycles. The van der Waals surface area contributed by atoms with Crippen molar-refractivity contribution in [2.24, 2.45) is 0 Å². The minimum absolute atomic E-state index is 0.0267. The summed E-state index contributed by atoms with van der Waals surface area (Å²) < 4.78 is 10.4. The summed E-state index contributed by atoms with van der Waals surface area (Å²) in [5.74, 6) is -0.576. The van der Waals surface area contributed by atoms with E-state index in [0.717, 1.165) is 0 Å². The van der Waals surface area contributed by atoms with E-state index < -0.39 is 12.1 Å². The van der Waals surface area contributed by atoms with Crippen LogP contribution in [-0.4, -0.2) is 29.6 Å². The summed E-state index contributed by atoms with van der Waals surface area (Å²) >= 11 is 0. The van der Waals surface area contributed by atoms with Crippen LogP contribution in [0.15, 0.2) is 48.5 Å². The van der Waals surface area contributed by atoms with E-state index in [0.29, 0.717) is 17.9 Å². The first-order valence-corrected chi connectivity index (χ1v) is 7.29. The van der Waals surface area contributed by atoms with Crippen LogP contribution in [-0.2, 0) is 4.74 Å². The lowest BCUT2D eigenvalue weighted by molar-refractivity contribution is 0.0316. The highest BCUT2D eigenvalue weighted by Crippen LogP contribution is 2.19. The summed E-state index contributed by atoms with van der Waals surface area (Å²) in [6.45, 7) is 3.91. The van der Waals surface area contributed by atoms with E-state index in [-0.39, 0.29) is 17.1 Å². The maximum atomic E-state index is 12.3. The van der Waals surface area contributed by atoms with Crippen LogP contribution in [0.5, 0.6) is 11.5 Å². The summed E-state index contributed by atoms with van der Waals surface area (Å²) in [5.41, 5.74) is 0.449. The van der Waals surface area contributed by atoms with Gasteiger partial charge in [-0.15, -0.1) is 0 Å². The van der Waals surface area contributed by atoms with Crippen LogP contribution in [0.3, 0.4) is 0 Å². The fourth-order valence-corrected chi connectivity index (χ4v) is 2.04. The Labute approximate surface area is 134 Å². The molecule has 5 nitrogen and oxygen atoms in total. The lowest BCUT2D eigenvalue weighted by Gasteiger charge is -2.13. The molecule has 0 bridgehead atoms. The Kier molecular flexibility index (Phi) is 5.36. The van der Waals surface area contributed by atoms with E-state index >= 15 is 0 Å². The second-order valence-electron chi connectivity index (χ2n) is 4.89. The number of carbonyl (C=O) groups excluding carboxylic acids is 2. The third kappa shape index (κ3) is 4.10. The van der Waals surface area contributed by atoms with Crippen LogP contribution in [0, 0.1) is 0 Å². The van der Waals surface area contributed by atoms with Gasteiger partial charge in [-0.25, -0.2) is 4.79 Å². The van der Waals surface area contributed by atoms with Gasteiger partial charge in [0.2, 0.25) is 5.78 Å². The van der Waals surface area contributed by atoms with Crippen LogP contribution in [0.4, 0.5) is 0 Å². The fourth-order valence-electron chi connectivity index (χ4n) is 2.04. The van der Waals surface area contributed by atoms with E-state index in [1.54, 1.807) is 36.4 Å². The van der Waals surface area contributed by atoms with Crippen molar-refractivity contribution in [1.82, 2.24) is 0 Å². The monoisotopic (exact) mass is 314 g/mol. The molecular weight excluding hydrogens is 296 g/mol. The Bertz CT molecular complexity index is 691. The van der Waals surface area contributed by atoms with Gasteiger partial charge in [0.1, 0.15) is 17.1 Å². The van der Waals surface area contributed by atoms with Gasteiger partial charge in [0.05, 0.1) is 6.61 Å². The molecule has 2 rings (SSSR count). The normalized spacial score (nSPS) is 11.6. The van der Waals surface area contributed by atoms with Gasteiger partial charge in [0.25, 0.3) is 0 Å². The minimum Gasteiger partial charge on any atom is -0.507 e. The average molecular weight is 314 g/mol. The van der Waals surface area contributed by atoms with Gasteiger partial charge >= 0.3 is 5.97 Å². The third-order valence-corrected chi connectivity index (χ3v) is 3.23. The molecule has 0 aliphatic rings. The zero-order chi connectivity index (χ0) is 16.8. The van der Waals surface area contributed by atoms with Crippen molar-refractivity contribution in [3.63, 3.8) is 0 Å². The number of para-hydroxylation sites is 1. The van der Waals surface area contributed by atoms with Gasteiger partial charge in [-0.1, -0.05) is 12.1 Å². The molecular formula is C18H18O5. The van der Waals surface area contributed by atoms with Crippen molar-refractivity contribution in [3.05, 3.63) is 59.7 Å². The Hall–Kier alpha value is -2.82. The number of esters is 1. The average Bonchev–Trinajstić information content (AvgIpc) is 2.55. The summed E-state index contributed by atoms with van der Waals surface area (Å²) in [6, 6.07) is 12.6. The largest absolute Gasteiger partial charge is 0.507 e. The van der Waals surface area contributed by atoms with E-state index in [2.05, 4.69) is 0 Å². The van der Waals surface area contributed by atoms with Crippen molar-refractivity contribution in [2.75, 3.05) is 6.61 Å². The fraction of sp³-hybridized carbons (Fsp3) is 0.222. The zero-order valence-corrected chi connectivity index (χ0v) is 13.0. The Morgan fingerprint density at radius 2 is 1.74 bits per heavy atom. The number of Topliss-reactive ketones (excluding diaryl/α,β-unsaturated/α-hetero) is 1. The molecule has 1 atom stereocenters. The predicted octanol–water partition coefficient (Wildman–Crippen LogP) is 3.22. The van der Waals surface area contributed by atoms with E-state index in [1.165, 1.54) is 19.1 Å². The Balaban J connectivity index is 2.05. The number of rotatable bonds is 6. The maximum absolute atomic E-state index is 12.3. The second kappa shape index (κ2) is 7.45. The SMILES string of the molecule is CCOc1ccc(C(=O)[C@H](C)OC(=O)c2ccccc2O)cc1. The molecule has 23 heavy (non-hydrogen) atoms. The summed E-state index contributed by atoms with van der Waals surface area (Å²) in [4.78, 5) is 24.3. The zero-order valence-electron chi connectivity index (χ0n) is 13.0. The molecule has 5 heteroatoms. The third-order valence-electron chi connectivity index (χ3n) is 3.23. The molecule has 0 spiro atoms. The van der Waals surface area contributed by atoms with Crippen molar-refractivity contribution < 1.29 is 24.2 Å². The Morgan fingerprint density at radius 1 is 1.09 bits per heavy atom. The number of phenols is 1. The molecule has 0 aliphatic carbocycles. The molecule has 0 saturated carbocycles. The van der Waals surface area contributed by atoms with Gasteiger partial charge in [-0.3, -0.25) is 4.79 Å². The molecule has 0 fully saturated rings. The predicted molar refractivity (Wildman–Crippen MR) is 84.9 cm³/mol. The first kappa shape index (κ1) is 16.5. The number of hydrogen-bond acceptors (Lipinski definition) is 5. The number of benzene rings is 2. The van der Waals surface area contributed by atoms with Crippen LogP contribution >= 0.6 is 0 Å². The number of ether oxygens (including phenoxy) is 2. The molecule has 0 saturated heterocycles. The Morgan fingerprint density at radius 3 is 2.35 bits per heavy atom. The molecule has 2 aromatic carbocycles. The highest BCUT2D eigenvalue weighted by atomic mass is 16.5. The van der Waals surface area contributed by atoms with Gasteiger partial charge in [-0.05, 0) is 50.2 Å². The number of hydrogen-bond donors (Lipinski definition) is 1. The summed E-state index contributed by atoms with van der Waals surface area (Å²) in [7, 11) is 0. The van der Waals surface area contributed by atoms with Crippen LogP contribution < -0.4 is 4.74 Å². The molecule has 0 unspecified atom stereocenters. The van der Waals surface area contributed by atoms with Crippen LogP contribution in [0.1, 0.15) is 34.6 Å². The molecule has 0 radical (unpaired) electrons. The molecule has 0 heterocycles. The molecule has 2 aromatic rings. The minimum atomic E-state index is -0.958. The second-order valence-corrected chi connectivity index (χ2v) is 4.89. The standard InChI is InChI=1S/C18H18O5/c1-3-22-14-10-8-13(9-11-14)17(20)12(2)23-18(21)15-6-4-5-7-16(15)19/h4-12,19H,3H2,1-2H3/t12-/m0/s1. The molecule has 120 valence electrons. The van der Waals surface area contributed by atoms with E-state index in [9.17, 15) is 14.7 Å². The van der Waals surface area contributed by atoms with Crippen LogP contribution in [0.2, 0.25) is 0 Å². The van der Waals surface area contributed by atoms with Crippen LogP contribution in [0.25, 0.3) is 0 Å². The maximum Gasteiger partial charge on any atom is 0.342 e. The van der Waals surface area contributed by atoms with Crippen molar-refractivity contribution in [2.45, 2.75) is 20.0 Å². The van der Waals surface area contributed by atoms with E-state index in [1.807, 2.05) is 6.92 Å². The van der Waals surface area contributed by atoms with Crippen molar-refractivity contribution in [1.29, 1.82) is 0 Å². The van der Waals surface area contributed by atoms with Crippen molar-refractivity contribution in [3.8, 4) is 11.5 Å². The first-order chi connectivity index (χ1) is 11.0. The molecule has 0 aromatic heterocycles. The van der Waals surface area contributed by atoms with Gasteiger partial charge in [0.15, 0.2) is 6.10 Å². The lowest BCUT2D eigenvalue weighted by Crippen LogP contribution is -2.24. The number of ketones is 1. The van der Waals surface area contributed by atoms with Gasteiger partial charge < -0.3 is 14.6 Å². The lowest BCUT2D eigenvalue weighted by atomic mass is 10.1. The quantitative estimate of drug-likeness (QED) is 0.654. The molecule has 1 N–H and O–H groups in total. The number of carbonyl (C=O) groups is 2. The highest BCUT2D eigenvalue weighted by Gasteiger charge is 2.21. The number of aromatic hydroxyl groups is 1. The van der Waals surface area contributed by atoms with Gasteiger partial charge in [0, 0.05) is 5.56 Å². The highest BCUT2D eigenvalue weighted by molar-refractivity contribution is 6.01. The number of phenolic OH excluding ortho intramolecular Hbond substituents is 1. The van der Waals surface area contributed by atoms with Gasteiger partial charge in [-0.2, -0.15) is 0 Å². The van der Waals surface area contributed by atoms with E-state index in [4.69, 9.17) is 9.47 Å². The first-order valence-electron chi connectivity index (χ1n) is 7.29.